The van der Waals surface area contributed by atoms with Gasteiger partial charge in [0, 0.05) is 66.7 Å². The first-order chi connectivity index (χ1) is 16.1. The first-order valence-electron chi connectivity index (χ1n) is 11.3. The van der Waals surface area contributed by atoms with Crippen molar-refractivity contribution in [2.75, 3.05) is 24.3 Å². The molecule has 1 aliphatic heterocycles. The van der Waals surface area contributed by atoms with E-state index in [4.69, 9.17) is 0 Å². The van der Waals surface area contributed by atoms with Crippen LogP contribution in [0.15, 0.2) is 59.8 Å². The molecule has 5 rings (SSSR count). The Kier molecular flexibility index (Phi) is 5.04. The zero-order chi connectivity index (χ0) is 24.2. The highest BCUT2D eigenvalue weighted by Gasteiger charge is 2.42. The van der Waals surface area contributed by atoms with E-state index in [-0.39, 0.29) is 22.8 Å². The first kappa shape index (κ1) is 21.9. The number of Topliss-reactive ketones (excluding diaryl/α,β-unsaturated/α-hetero) is 1. The Morgan fingerprint density at radius 2 is 1.85 bits per heavy atom. The molecule has 0 saturated carbocycles. The van der Waals surface area contributed by atoms with Crippen LogP contribution in [0.4, 0.5) is 17.2 Å². The summed E-state index contributed by atoms with van der Waals surface area (Å²) in [5.41, 5.74) is 5.77. The van der Waals surface area contributed by atoms with Crippen LogP contribution in [0.3, 0.4) is 0 Å². The van der Waals surface area contributed by atoms with E-state index < -0.39 is 4.92 Å². The van der Waals surface area contributed by atoms with Gasteiger partial charge in [0.1, 0.15) is 0 Å². The van der Waals surface area contributed by atoms with Crippen molar-refractivity contribution in [1.82, 2.24) is 10.2 Å². The van der Waals surface area contributed by atoms with Crippen LogP contribution in [-0.2, 0) is 4.79 Å². The number of hydrogen-bond acceptors (Lipinski definition) is 6. The highest BCUT2D eigenvalue weighted by Crippen LogP contribution is 2.51. The average molecular weight is 458 g/mol. The lowest BCUT2D eigenvalue weighted by Crippen LogP contribution is -2.33. The Hall–Kier alpha value is -3.94. The largest absolute Gasteiger partial charge is 0.378 e. The number of benzene rings is 2. The molecule has 0 radical (unpaired) electrons. The minimum absolute atomic E-state index is 0.00639. The molecule has 0 saturated heterocycles. The van der Waals surface area contributed by atoms with Crippen molar-refractivity contribution in [2.24, 2.45) is 5.41 Å². The highest BCUT2D eigenvalue weighted by atomic mass is 16.6. The summed E-state index contributed by atoms with van der Waals surface area (Å²) < 4.78 is 0. The van der Waals surface area contributed by atoms with Gasteiger partial charge < -0.3 is 10.2 Å². The fourth-order valence-electron chi connectivity index (χ4n) is 5.09. The van der Waals surface area contributed by atoms with E-state index in [9.17, 15) is 14.9 Å². The molecule has 1 aliphatic carbocycles. The van der Waals surface area contributed by atoms with Gasteiger partial charge in [0.05, 0.1) is 10.6 Å². The van der Waals surface area contributed by atoms with Gasteiger partial charge in [-0.25, -0.2) is 0 Å². The van der Waals surface area contributed by atoms with Gasteiger partial charge in [0.15, 0.2) is 11.6 Å². The number of H-pyrrole nitrogens is 1. The van der Waals surface area contributed by atoms with Crippen LogP contribution in [0.25, 0.3) is 11.3 Å². The Balaban J connectivity index is 1.71. The first-order valence-corrected chi connectivity index (χ1v) is 11.3. The van der Waals surface area contributed by atoms with E-state index in [1.54, 1.807) is 6.07 Å². The molecule has 0 amide bonds. The van der Waals surface area contributed by atoms with Crippen molar-refractivity contribution < 1.29 is 9.72 Å². The minimum Gasteiger partial charge on any atom is -0.378 e. The van der Waals surface area contributed by atoms with Gasteiger partial charge in [-0.15, -0.1) is 0 Å². The molecule has 8 nitrogen and oxygen atoms in total. The number of hydrogen-bond donors (Lipinski definition) is 2. The predicted molar refractivity (Wildman–Crippen MR) is 132 cm³/mol. The number of nitro benzene ring substituents is 1. The van der Waals surface area contributed by atoms with Crippen LogP contribution < -0.4 is 10.2 Å². The van der Waals surface area contributed by atoms with Gasteiger partial charge in [-0.05, 0) is 29.5 Å². The molecule has 0 bridgehead atoms. The monoisotopic (exact) mass is 457 g/mol. The third kappa shape index (κ3) is 3.65. The summed E-state index contributed by atoms with van der Waals surface area (Å²) in [6, 6.07) is 14.7. The van der Waals surface area contributed by atoms with Crippen LogP contribution in [0, 0.1) is 15.5 Å². The normalized spacial score (nSPS) is 18.7. The molecule has 8 heteroatoms. The van der Waals surface area contributed by atoms with E-state index in [1.165, 1.54) is 12.1 Å². The zero-order valence-electron chi connectivity index (χ0n) is 19.7. The maximum Gasteiger partial charge on any atom is 0.270 e. The van der Waals surface area contributed by atoms with Gasteiger partial charge in [0.2, 0.25) is 0 Å². The number of ketones is 1. The summed E-state index contributed by atoms with van der Waals surface area (Å²) in [7, 11) is 3.98. The van der Waals surface area contributed by atoms with Crippen LogP contribution in [0.1, 0.15) is 43.7 Å². The van der Waals surface area contributed by atoms with Crippen LogP contribution in [0.2, 0.25) is 0 Å². The molecular weight excluding hydrogens is 430 g/mol. The summed E-state index contributed by atoms with van der Waals surface area (Å²) in [6.07, 6.45) is 1.22. The number of nitrogens with one attached hydrogen (secondary N) is 2. The van der Waals surface area contributed by atoms with Crippen molar-refractivity contribution in [1.29, 1.82) is 0 Å². The number of nitro groups is 1. The lowest BCUT2D eigenvalue weighted by atomic mass is 9.69. The van der Waals surface area contributed by atoms with Crippen molar-refractivity contribution in [2.45, 2.75) is 32.6 Å². The number of carbonyl (C=O) groups excluding carboxylic acids is 1. The summed E-state index contributed by atoms with van der Waals surface area (Å²) in [4.78, 5) is 26.5. The van der Waals surface area contributed by atoms with Crippen molar-refractivity contribution in [3.63, 3.8) is 0 Å². The smallest absolute Gasteiger partial charge is 0.270 e. The molecule has 3 aromatic rings. The molecule has 2 aromatic carbocycles. The van der Waals surface area contributed by atoms with E-state index in [0.717, 1.165) is 34.5 Å². The van der Waals surface area contributed by atoms with Gasteiger partial charge in [-0.2, -0.15) is 5.10 Å². The number of carbonyl (C=O) groups is 1. The standard InChI is InChI=1S/C26H27N5O3/c1-26(2)13-19-22(20(32)14-26)21(15-8-10-17(11-9-15)30(3)4)23-24(28-29-25(23)27-19)16-6-5-7-18(12-16)31(33)34/h5-12,21H,13-14H2,1-4H3,(H2,27,28,29)/t21-/m0/s1. The van der Waals surface area contributed by atoms with Crippen LogP contribution in [0.5, 0.6) is 0 Å². The number of rotatable bonds is 4. The van der Waals surface area contributed by atoms with Gasteiger partial charge in [-0.3, -0.25) is 20.0 Å². The number of allylic oxidation sites excluding steroid dienone is 2. The van der Waals surface area contributed by atoms with E-state index >= 15 is 0 Å². The topological polar surface area (TPSA) is 104 Å². The Morgan fingerprint density at radius 1 is 1.12 bits per heavy atom. The number of aromatic amines is 1. The van der Waals surface area contributed by atoms with Crippen LogP contribution in [-0.4, -0.2) is 35.0 Å². The zero-order valence-corrected chi connectivity index (χ0v) is 19.7. The quantitative estimate of drug-likeness (QED) is 0.410. The van der Waals surface area contributed by atoms with Crippen molar-refractivity contribution in [3.8, 4) is 11.3 Å². The number of fused-ring (bicyclic) bond motifs is 1. The second kappa shape index (κ2) is 7.83. The van der Waals surface area contributed by atoms with Gasteiger partial charge in [0.25, 0.3) is 5.69 Å². The third-order valence-corrected chi connectivity index (χ3v) is 6.66. The minimum atomic E-state index is -0.407. The maximum atomic E-state index is 13.5. The lowest BCUT2D eigenvalue weighted by Gasteiger charge is -2.38. The molecule has 0 unspecified atom stereocenters. The molecule has 1 atom stereocenters. The second-order valence-electron chi connectivity index (χ2n) is 10.0. The molecule has 2 N–H and O–H groups in total. The van der Waals surface area contributed by atoms with E-state index in [1.807, 2.05) is 37.2 Å². The molecule has 2 aliphatic rings. The molecule has 174 valence electrons. The number of anilines is 2. The average Bonchev–Trinajstić information content (AvgIpc) is 3.20. The molecular formula is C26H27N5O3. The Labute approximate surface area is 197 Å². The molecule has 0 fully saturated rings. The summed E-state index contributed by atoms with van der Waals surface area (Å²) in [5, 5.41) is 22.4. The third-order valence-electron chi connectivity index (χ3n) is 6.66. The van der Waals surface area contributed by atoms with Gasteiger partial charge >= 0.3 is 0 Å². The van der Waals surface area contributed by atoms with Crippen molar-refractivity contribution >= 4 is 23.0 Å². The Bertz CT molecular complexity index is 1330. The maximum absolute atomic E-state index is 13.5. The second-order valence-corrected chi connectivity index (χ2v) is 10.0. The fourth-order valence-corrected chi connectivity index (χ4v) is 5.09. The summed E-state index contributed by atoms with van der Waals surface area (Å²) in [6.45, 7) is 4.21. The molecule has 2 heterocycles. The molecule has 1 aromatic heterocycles. The predicted octanol–water partition coefficient (Wildman–Crippen LogP) is 5.25. The number of non-ortho nitro benzene ring substituents is 1. The fraction of sp³-hybridized carbons (Fsp3) is 0.308. The highest BCUT2D eigenvalue weighted by molar-refractivity contribution is 6.02. The molecule has 0 spiro atoms. The van der Waals surface area contributed by atoms with Gasteiger partial charge in [-0.1, -0.05) is 38.1 Å². The lowest BCUT2D eigenvalue weighted by molar-refractivity contribution is -0.384. The SMILES string of the molecule is CN(C)c1ccc([C@H]2C3=C(CC(C)(C)CC3=O)Nc3n[nH]c(-c4cccc([N+](=O)[O-])c4)c32)cc1. The summed E-state index contributed by atoms with van der Waals surface area (Å²) >= 11 is 0. The number of aromatic nitrogens is 2. The molecule has 34 heavy (non-hydrogen) atoms. The Morgan fingerprint density at radius 3 is 2.53 bits per heavy atom. The van der Waals surface area contributed by atoms with E-state index in [0.29, 0.717) is 23.5 Å². The summed E-state index contributed by atoms with van der Waals surface area (Å²) in [5.74, 6) is 0.462. The number of nitrogens with zero attached hydrogens (tertiary/aromatic N) is 3. The van der Waals surface area contributed by atoms with Crippen LogP contribution >= 0.6 is 0 Å². The van der Waals surface area contributed by atoms with E-state index in [2.05, 4.69) is 41.5 Å². The van der Waals surface area contributed by atoms with Crippen molar-refractivity contribution in [3.05, 3.63) is 81.0 Å².